The Hall–Kier alpha value is -4.44. The molecule has 4 aromatic carbocycles. The van der Waals surface area contributed by atoms with E-state index in [9.17, 15) is 14.0 Å². The number of hydrazone groups is 1. The highest BCUT2D eigenvalue weighted by Gasteiger charge is 2.15. The van der Waals surface area contributed by atoms with Crippen molar-refractivity contribution < 1.29 is 28.2 Å². The van der Waals surface area contributed by atoms with Crippen molar-refractivity contribution in [1.82, 2.24) is 5.43 Å². The number of amides is 2. The first-order chi connectivity index (χ1) is 18.4. The van der Waals surface area contributed by atoms with Gasteiger partial charge >= 0.3 is 0 Å². The number of methoxy groups -OCH3 is 2. The van der Waals surface area contributed by atoms with Crippen molar-refractivity contribution in [3.05, 3.63) is 94.2 Å². The number of fused-ring (bicyclic) bond motifs is 1. The number of rotatable bonds is 9. The van der Waals surface area contributed by atoms with Gasteiger partial charge in [0.1, 0.15) is 11.6 Å². The van der Waals surface area contributed by atoms with Gasteiger partial charge in [-0.05, 0) is 80.8 Å². The molecule has 0 aliphatic rings. The first kappa shape index (κ1) is 26.6. The van der Waals surface area contributed by atoms with Crippen molar-refractivity contribution in [1.29, 1.82) is 0 Å². The maximum atomic E-state index is 13.0. The second kappa shape index (κ2) is 12.2. The Balaban J connectivity index is 1.42. The highest BCUT2D eigenvalue weighted by Crippen LogP contribution is 2.36. The Morgan fingerprint density at radius 1 is 0.947 bits per heavy atom. The molecule has 0 spiro atoms. The zero-order chi connectivity index (χ0) is 27.1. The van der Waals surface area contributed by atoms with E-state index in [-0.39, 0.29) is 6.61 Å². The fraction of sp³-hybridized carbons (Fsp3) is 0.107. The van der Waals surface area contributed by atoms with E-state index in [0.717, 1.165) is 10.8 Å². The number of benzene rings is 4. The highest BCUT2D eigenvalue weighted by atomic mass is 79.9. The van der Waals surface area contributed by atoms with Crippen molar-refractivity contribution in [2.45, 2.75) is 0 Å². The Labute approximate surface area is 226 Å². The van der Waals surface area contributed by atoms with Crippen LogP contribution in [0.1, 0.15) is 15.9 Å². The average molecular weight is 580 g/mol. The average Bonchev–Trinajstić information content (AvgIpc) is 2.92. The molecule has 4 aromatic rings. The van der Waals surface area contributed by atoms with E-state index in [4.69, 9.17) is 14.2 Å². The molecule has 4 rings (SSSR count). The van der Waals surface area contributed by atoms with Crippen LogP contribution in [0.4, 0.5) is 10.1 Å². The Morgan fingerprint density at radius 2 is 1.63 bits per heavy atom. The molecule has 0 saturated heterocycles. The van der Waals surface area contributed by atoms with Gasteiger partial charge in [0.2, 0.25) is 0 Å². The Bertz CT molecular complexity index is 1510. The van der Waals surface area contributed by atoms with Gasteiger partial charge in [0.15, 0.2) is 18.1 Å². The van der Waals surface area contributed by atoms with E-state index >= 15 is 0 Å². The lowest BCUT2D eigenvalue weighted by atomic mass is 10.1. The molecule has 0 bridgehead atoms. The summed E-state index contributed by atoms with van der Waals surface area (Å²) in [6.07, 6.45) is 1.45. The number of carbonyl (C=O) groups excluding carboxylic acids is 2. The third-order valence-electron chi connectivity index (χ3n) is 5.42. The van der Waals surface area contributed by atoms with Crippen LogP contribution < -0.4 is 25.0 Å². The maximum absolute atomic E-state index is 13.0. The minimum absolute atomic E-state index is 0.302. The van der Waals surface area contributed by atoms with Crippen LogP contribution in [0.25, 0.3) is 10.8 Å². The molecule has 10 heteroatoms. The van der Waals surface area contributed by atoms with Gasteiger partial charge in [-0.2, -0.15) is 5.10 Å². The lowest BCUT2D eigenvalue weighted by Gasteiger charge is -2.13. The standard InChI is InChI=1S/C28H23BrFN3O5/c1-36-24-14-19-6-4-3-5-18(19)13-22(24)28(35)33-31-15-17-11-23(29)27(25(12-17)37-2)38-16-26(34)32-21-9-7-20(30)8-10-21/h3-15H,16H2,1-2H3,(H,32,34)(H,33,35)/b31-15-. The molecule has 0 aromatic heterocycles. The first-order valence-corrected chi connectivity index (χ1v) is 12.1. The minimum atomic E-state index is -0.429. The quantitative estimate of drug-likeness (QED) is 0.200. The largest absolute Gasteiger partial charge is 0.496 e. The molecule has 0 aliphatic carbocycles. The second-order valence-electron chi connectivity index (χ2n) is 7.98. The highest BCUT2D eigenvalue weighted by molar-refractivity contribution is 9.10. The number of halogens is 2. The summed E-state index contributed by atoms with van der Waals surface area (Å²) in [5, 5.41) is 8.54. The van der Waals surface area contributed by atoms with Crippen molar-refractivity contribution in [3.8, 4) is 17.2 Å². The summed E-state index contributed by atoms with van der Waals surface area (Å²) < 4.78 is 30.0. The number of carbonyl (C=O) groups is 2. The molecule has 194 valence electrons. The predicted molar refractivity (Wildman–Crippen MR) is 147 cm³/mol. The summed E-state index contributed by atoms with van der Waals surface area (Å²) in [7, 11) is 2.96. The molecule has 0 saturated carbocycles. The summed E-state index contributed by atoms with van der Waals surface area (Å²) >= 11 is 3.42. The fourth-order valence-corrected chi connectivity index (χ4v) is 4.19. The van der Waals surface area contributed by atoms with Crippen LogP contribution in [0.2, 0.25) is 0 Å². The molecule has 8 nitrogen and oxygen atoms in total. The summed E-state index contributed by atoms with van der Waals surface area (Å²) in [5.41, 5.74) is 3.91. The molecule has 38 heavy (non-hydrogen) atoms. The third kappa shape index (κ3) is 6.46. The van der Waals surface area contributed by atoms with Crippen LogP contribution in [0.3, 0.4) is 0 Å². The molecule has 0 atom stereocenters. The van der Waals surface area contributed by atoms with Crippen molar-refractivity contribution in [3.63, 3.8) is 0 Å². The van der Waals surface area contributed by atoms with Crippen LogP contribution in [-0.2, 0) is 4.79 Å². The molecule has 0 unspecified atom stereocenters. The monoisotopic (exact) mass is 579 g/mol. The van der Waals surface area contributed by atoms with Gasteiger partial charge in [-0.25, -0.2) is 9.82 Å². The van der Waals surface area contributed by atoms with Crippen LogP contribution >= 0.6 is 15.9 Å². The Kier molecular flexibility index (Phi) is 8.55. The van der Waals surface area contributed by atoms with Gasteiger partial charge < -0.3 is 19.5 Å². The van der Waals surface area contributed by atoms with Gasteiger partial charge in [0, 0.05) is 5.69 Å². The molecule has 0 fully saturated rings. The number of hydrogen-bond acceptors (Lipinski definition) is 6. The molecule has 2 N–H and O–H groups in total. The van der Waals surface area contributed by atoms with Crippen LogP contribution in [0.15, 0.2) is 82.4 Å². The summed E-state index contributed by atoms with van der Waals surface area (Å²) in [6.45, 7) is -0.302. The van der Waals surface area contributed by atoms with E-state index < -0.39 is 17.6 Å². The van der Waals surface area contributed by atoms with Gasteiger partial charge in [0.05, 0.1) is 30.5 Å². The number of anilines is 1. The normalized spacial score (nSPS) is 10.8. The molecule has 0 aliphatic heterocycles. The van der Waals surface area contributed by atoms with E-state index in [1.807, 2.05) is 24.3 Å². The first-order valence-electron chi connectivity index (χ1n) is 11.3. The summed E-state index contributed by atoms with van der Waals surface area (Å²) in [5.74, 6) is -0.165. The number of nitrogens with one attached hydrogen (secondary N) is 2. The lowest BCUT2D eigenvalue weighted by Crippen LogP contribution is -2.20. The fourth-order valence-electron chi connectivity index (χ4n) is 3.61. The van der Waals surface area contributed by atoms with Crippen molar-refractivity contribution in [2.75, 3.05) is 26.1 Å². The van der Waals surface area contributed by atoms with Crippen LogP contribution in [0, 0.1) is 5.82 Å². The van der Waals surface area contributed by atoms with E-state index in [1.165, 1.54) is 44.7 Å². The maximum Gasteiger partial charge on any atom is 0.275 e. The second-order valence-corrected chi connectivity index (χ2v) is 8.83. The van der Waals surface area contributed by atoms with Crippen molar-refractivity contribution >= 4 is 50.4 Å². The number of hydrogen-bond donors (Lipinski definition) is 2. The molecule has 0 radical (unpaired) electrons. The van der Waals surface area contributed by atoms with Crippen LogP contribution in [-0.4, -0.2) is 38.9 Å². The summed E-state index contributed by atoms with van der Waals surface area (Å²) in [4.78, 5) is 25.0. The predicted octanol–water partition coefficient (Wildman–Crippen LogP) is 5.54. The zero-order valence-electron chi connectivity index (χ0n) is 20.5. The number of ether oxygens (including phenoxy) is 3. The summed E-state index contributed by atoms with van der Waals surface area (Å²) in [6, 6.07) is 19.9. The third-order valence-corrected chi connectivity index (χ3v) is 6.01. The molecule has 2 amide bonds. The van der Waals surface area contributed by atoms with E-state index in [2.05, 4.69) is 31.8 Å². The minimum Gasteiger partial charge on any atom is -0.496 e. The molecular formula is C28H23BrFN3O5. The topological polar surface area (TPSA) is 98.3 Å². The lowest BCUT2D eigenvalue weighted by molar-refractivity contribution is -0.118. The van der Waals surface area contributed by atoms with Gasteiger partial charge in [0.25, 0.3) is 11.8 Å². The van der Waals surface area contributed by atoms with Crippen molar-refractivity contribution in [2.24, 2.45) is 5.10 Å². The SMILES string of the molecule is COc1cc2ccccc2cc1C(=O)N/N=C\c1cc(Br)c(OCC(=O)Nc2ccc(F)cc2)c(OC)c1. The van der Waals surface area contributed by atoms with E-state index in [1.54, 1.807) is 24.3 Å². The van der Waals surface area contributed by atoms with Gasteiger partial charge in [-0.3, -0.25) is 9.59 Å². The Morgan fingerprint density at radius 3 is 2.32 bits per heavy atom. The van der Waals surface area contributed by atoms with Crippen LogP contribution in [0.5, 0.6) is 17.2 Å². The molecule has 0 heterocycles. The van der Waals surface area contributed by atoms with Gasteiger partial charge in [-0.1, -0.05) is 24.3 Å². The van der Waals surface area contributed by atoms with E-state index in [0.29, 0.717) is 38.5 Å². The number of nitrogens with zero attached hydrogens (tertiary/aromatic N) is 1. The van der Waals surface area contributed by atoms with Gasteiger partial charge in [-0.15, -0.1) is 0 Å². The smallest absolute Gasteiger partial charge is 0.275 e. The zero-order valence-corrected chi connectivity index (χ0v) is 22.0. The molecular weight excluding hydrogens is 557 g/mol.